The predicted octanol–water partition coefficient (Wildman–Crippen LogP) is 4.52. The summed E-state index contributed by atoms with van der Waals surface area (Å²) in [6, 6.07) is 4.58. The molecule has 1 aliphatic rings. The van der Waals surface area contributed by atoms with Gasteiger partial charge in [-0.1, -0.05) is 35.2 Å². The Kier molecular flexibility index (Phi) is 6.37. The Hall–Kier alpha value is -0.740. The van der Waals surface area contributed by atoms with E-state index in [1.54, 1.807) is 14.2 Å². The van der Waals surface area contributed by atoms with Gasteiger partial charge in [0.05, 0.1) is 14.2 Å². The van der Waals surface area contributed by atoms with Gasteiger partial charge in [0.25, 0.3) is 0 Å². The van der Waals surface area contributed by atoms with Crippen molar-refractivity contribution in [1.29, 1.82) is 0 Å². The van der Waals surface area contributed by atoms with E-state index in [1.807, 2.05) is 12.1 Å². The lowest BCUT2D eigenvalue weighted by atomic mass is 9.84. The summed E-state index contributed by atoms with van der Waals surface area (Å²) in [4.78, 5) is 0. The summed E-state index contributed by atoms with van der Waals surface area (Å²) in [5, 5.41) is 3.67. The molecular formula is C17H26BrNO2. The van der Waals surface area contributed by atoms with E-state index in [-0.39, 0.29) is 0 Å². The SMILES string of the molecule is COc1cc(Br)c(CN[C@@H](C)C2CCCCC2)cc1OC. The van der Waals surface area contributed by atoms with Crippen molar-refractivity contribution in [2.75, 3.05) is 14.2 Å². The molecule has 0 aromatic heterocycles. The van der Waals surface area contributed by atoms with Crippen molar-refractivity contribution in [1.82, 2.24) is 5.32 Å². The van der Waals surface area contributed by atoms with Gasteiger partial charge in [-0.2, -0.15) is 0 Å². The van der Waals surface area contributed by atoms with E-state index in [0.717, 1.165) is 28.4 Å². The molecular weight excluding hydrogens is 330 g/mol. The first-order valence-electron chi connectivity index (χ1n) is 7.79. The van der Waals surface area contributed by atoms with Crippen molar-refractivity contribution < 1.29 is 9.47 Å². The summed E-state index contributed by atoms with van der Waals surface area (Å²) in [6.07, 6.45) is 6.90. The van der Waals surface area contributed by atoms with Gasteiger partial charge in [-0.15, -0.1) is 0 Å². The lowest BCUT2D eigenvalue weighted by Gasteiger charge is -2.28. The minimum atomic E-state index is 0.560. The first kappa shape index (κ1) is 16.6. The molecule has 0 radical (unpaired) electrons. The molecule has 21 heavy (non-hydrogen) atoms. The van der Waals surface area contributed by atoms with Crippen molar-refractivity contribution in [2.24, 2.45) is 5.92 Å². The number of halogens is 1. The van der Waals surface area contributed by atoms with E-state index in [4.69, 9.17) is 9.47 Å². The molecule has 4 heteroatoms. The predicted molar refractivity (Wildman–Crippen MR) is 90.1 cm³/mol. The van der Waals surface area contributed by atoms with E-state index in [9.17, 15) is 0 Å². The summed E-state index contributed by atoms with van der Waals surface area (Å²) in [5.41, 5.74) is 1.20. The smallest absolute Gasteiger partial charge is 0.161 e. The number of ether oxygens (including phenoxy) is 2. The lowest BCUT2D eigenvalue weighted by Crippen LogP contribution is -2.34. The molecule has 118 valence electrons. The van der Waals surface area contributed by atoms with Crippen LogP contribution in [-0.4, -0.2) is 20.3 Å². The fourth-order valence-corrected chi connectivity index (χ4v) is 3.57. The van der Waals surface area contributed by atoms with Crippen LogP contribution in [0.4, 0.5) is 0 Å². The van der Waals surface area contributed by atoms with Crippen LogP contribution in [0.25, 0.3) is 0 Å². The van der Waals surface area contributed by atoms with E-state index >= 15 is 0 Å². The molecule has 1 saturated carbocycles. The Morgan fingerprint density at radius 1 is 1.14 bits per heavy atom. The summed E-state index contributed by atoms with van der Waals surface area (Å²) in [5.74, 6) is 2.36. The molecule has 3 nitrogen and oxygen atoms in total. The summed E-state index contributed by atoms with van der Waals surface area (Å²) in [7, 11) is 3.33. The Bertz CT molecular complexity index is 458. The van der Waals surface area contributed by atoms with E-state index in [1.165, 1.54) is 37.7 Å². The van der Waals surface area contributed by atoms with Gasteiger partial charge >= 0.3 is 0 Å². The molecule has 2 rings (SSSR count). The second-order valence-corrected chi connectivity index (χ2v) is 6.72. The van der Waals surface area contributed by atoms with Crippen LogP contribution >= 0.6 is 15.9 Å². The zero-order chi connectivity index (χ0) is 15.2. The molecule has 0 saturated heterocycles. The van der Waals surface area contributed by atoms with Crippen LogP contribution in [0.2, 0.25) is 0 Å². The van der Waals surface area contributed by atoms with Gasteiger partial charge in [-0.25, -0.2) is 0 Å². The average molecular weight is 356 g/mol. The number of methoxy groups -OCH3 is 2. The topological polar surface area (TPSA) is 30.5 Å². The number of hydrogen-bond donors (Lipinski definition) is 1. The third-order valence-electron chi connectivity index (χ3n) is 4.52. The fraction of sp³-hybridized carbons (Fsp3) is 0.647. The number of hydrogen-bond acceptors (Lipinski definition) is 3. The molecule has 0 spiro atoms. The minimum absolute atomic E-state index is 0.560. The van der Waals surface area contributed by atoms with Gasteiger partial charge < -0.3 is 14.8 Å². The largest absolute Gasteiger partial charge is 0.493 e. The van der Waals surface area contributed by atoms with E-state index in [0.29, 0.717) is 6.04 Å². The first-order chi connectivity index (χ1) is 10.2. The Morgan fingerprint density at radius 3 is 2.38 bits per heavy atom. The Morgan fingerprint density at radius 2 is 1.76 bits per heavy atom. The first-order valence-corrected chi connectivity index (χ1v) is 8.58. The average Bonchev–Trinajstić information content (AvgIpc) is 2.53. The lowest BCUT2D eigenvalue weighted by molar-refractivity contribution is 0.280. The maximum Gasteiger partial charge on any atom is 0.161 e. The molecule has 1 aromatic carbocycles. The van der Waals surface area contributed by atoms with Crippen molar-refractivity contribution in [3.63, 3.8) is 0 Å². The van der Waals surface area contributed by atoms with Crippen LogP contribution in [0.1, 0.15) is 44.6 Å². The quantitative estimate of drug-likeness (QED) is 0.813. The molecule has 1 N–H and O–H groups in total. The highest BCUT2D eigenvalue weighted by molar-refractivity contribution is 9.10. The number of nitrogens with one attached hydrogen (secondary N) is 1. The van der Waals surface area contributed by atoms with Crippen molar-refractivity contribution in [3.05, 3.63) is 22.2 Å². The third-order valence-corrected chi connectivity index (χ3v) is 5.26. The van der Waals surface area contributed by atoms with Crippen LogP contribution in [-0.2, 0) is 6.54 Å². The van der Waals surface area contributed by atoms with Crippen molar-refractivity contribution in [2.45, 2.75) is 51.6 Å². The molecule has 0 aliphatic heterocycles. The molecule has 0 heterocycles. The van der Waals surface area contributed by atoms with Crippen LogP contribution in [0.15, 0.2) is 16.6 Å². The number of rotatable bonds is 6. The standard InChI is InChI=1S/C17H26BrNO2/c1-12(13-7-5-4-6-8-13)19-11-14-9-16(20-2)17(21-3)10-15(14)18/h9-10,12-13,19H,4-8,11H2,1-3H3/t12-/m0/s1. The molecule has 1 atom stereocenters. The van der Waals surface area contributed by atoms with Crippen LogP contribution in [0.5, 0.6) is 11.5 Å². The maximum absolute atomic E-state index is 5.38. The van der Waals surface area contributed by atoms with Crippen LogP contribution in [0.3, 0.4) is 0 Å². The molecule has 1 aromatic rings. The van der Waals surface area contributed by atoms with Gasteiger partial charge in [0.1, 0.15) is 0 Å². The fourth-order valence-electron chi connectivity index (χ4n) is 3.10. The Labute approximate surface area is 136 Å². The van der Waals surface area contributed by atoms with Gasteiger partial charge in [0.15, 0.2) is 11.5 Å². The minimum Gasteiger partial charge on any atom is -0.493 e. The second-order valence-electron chi connectivity index (χ2n) is 5.87. The Balaban J connectivity index is 1.98. The zero-order valence-electron chi connectivity index (χ0n) is 13.2. The second kappa shape index (κ2) is 8.04. The maximum atomic E-state index is 5.38. The molecule has 0 unspecified atom stereocenters. The van der Waals surface area contributed by atoms with Gasteiger partial charge in [0.2, 0.25) is 0 Å². The molecule has 0 amide bonds. The van der Waals surface area contributed by atoms with Gasteiger partial charge in [0, 0.05) is 17.1 Å². The molecule has 1 fully saturated rings. The van der Waals surface area contributed by atoms with E-state index in [2.05, 4.69) is 28.2 Å². The summed E-state index contributed by atoms with van der Waals surface area (Å²) in [6.45, 7) is 3.16. The van der Waals surface area contributed by atoms with E-state index < -0.39 is 0 Å². The summed E-state index contributed by atoms with van der Waals surface area (Å²) >= 11 is 3.62. The third kappa shape index (κ3) is 4.36. The summed E-state index contributed by atoms with van der Waals surface area (Å²) < 4.78 is 11.8. The number of benzene rings is 1. The molecule has 0 bridgehead atoms. The van der Waals surface area contributed by atoms with Crippen molar-refractivity contribution >= 4 is 15.9 Å². The van der Waals surface area contributed by atoms with Gasteiger partial charge in [-0.05, 0) is 43.4 Å². The normalized spacial score (nSPS) is 17.5. The van der Waals surface area contributed by atoms with Gasteiger partial charge in [-0.3, -0.25) is 0 Å². The zero-order valence-corrected chi connectivity index (χ0v) is 14.8. The highest BCUT2D eigenvalue weighted by Crippen LogP contribution is 2.33. The monoisotopic (exact) mass is 355 g/mol. The highest BCUT2D eigenvalue weighted by atomic mass is 79.9. The molecule has 1 aliphatic carbocycles. The van der Waals surface area contributed by atoms with Crippen LogP contribution < -0.4 is 14.8 Å². The van der Waals surface area contributed by atoms with Crippen LogP contribution in [0, 0.1) is 5.92 Å². The van der Waals surface area contributed by atoms with Crippen molar-refractivity contribution in [3.8, 4) is 11.5 Å². The highest BCUT2D eigenvalue weighted by Gasteiger charge is 2.20.